The number of carbonyl (C=O) groups excluding carboxylic acids is 1. The molecule has 0 N–H and O–H groups in total. The number of hydrogen-bond donors (Lipinski definition) is 0. The van der Waals surface area contributed by atoms with Crippen LogP contribution in [0.5, 0.6) is 0 Å². The largest absolute Gasteiger partial charge is 0.341 e. The van der Waals surface area contributed by atoms with Gasteiger partial charge in [0.25, 0.3) is 0 Å². The molecular formula is C23H20FN5OS. The molecule has 1 amide bonds. The quantitative estimate of drug-likeness (QED) is 0.409. The predicted molar refractivity (Wildman–Crippen MR) is 118 cm³/mol. The maximum absolute atomic E-state index is 14.6. The van der Waals surface area contributed by atoms with Crippen molar-refractivity contribution in [1.29, 1.82) is 0 Å². The lowest BCUT2D eigenvalue weighted by atomic mass is 10.2. The van der Waals surface area contributed by atoms with Crippen LogP contribution >= 0.6 is 11.8 Å². The molecule has 156 valence electrons. The van der Waals surface area contributed by atoms with E-state index >= 15 is 0 Å². The van der Waals surface area contributed by atoms with Crippen LogP contribution in [0.4, 0.5) is 4.39 Å². The number of aromatic nitrogens is 4. The molecule has 31 heavy (non-hydrogen) atoms. The van der Waals surface area contributed by atoms with Gasteiger partial charge in [0, 0.05) is 31.5 Å². The number of amides is 1. The second kappa shape index (κ2) is 9.53. The molecule has 0 saturated heterocycles. The normalized spacial score (nSPS) is 10.8. The summed E-state index contributed by atoms with van der Waals surface area (Å²) >= 11 is 1.22. The molecule has 0 saturated carbocycles. The minimum absolute atomic E-state index is 0.0557. The highest BCUT2D eigenvalue weighted by atomic mass is 32.2. The molecule has 0 spiro atoms. The summed E-state index contributed by atoms with van der Waals surface area (Å²) in [5.41, 5.74) is 2.08. The molecule has 4 aromatic rings. The molecule has 2 heterocycles. The molecule has 0 radical (unpaired) electrons. The van der Waals surface area contributed by atoms with E-state index in [0.29, 0.717) is 28.8 Å². The van der Waals surface area contributed by atoms with Crippen LogP contribution < -0.4 is 0 Å². The molecular weight excluding hydrogens is 413 g/mol. The van der Waals surface area contributed by atoms with Gasteiger partial charge in [-0.05, 0) is 29.8 Å². The summed E-state index contributed by atoms with van der Waals surface area (Å²) < 4.78 is 16.2. The van der Waals surface area contributed by atoms with E-state index < -0.39 is 5.82 Å². The van der Waals surface area contributed by atoms with E-state index in [-0.39, 0.29) is 11.7 Å². The van der Waals surface area contributed by atoms with E-state index in [4.69, 9.17) is 0 Å². The SMILES string of the molecule is CN(Cc1ccccc1)C(=O)CSc1nnc(-c2cccnc2)n1-c1ccccc1F. The van der Waals surface area contributed by atoms with Crippen LogP contribution in [-0.4, -0.2) is 43.4 Å². The van der Waals surface area contributed by atoms with Crippen LogP contribution in [0, 0.1) is 5.82 Å². The lowest BCUT2D eigenvalue weighted by molar-refractivity contribution is -0.127. The van der Waals surface area contributed by atoms with Crippen LogP contribution in [0.25, 0.3) is 17.1 Å². The van der Waals surface area contributed by atoms with Crippen LogP contribution in [0.1, 0.15) is 5.56 Å². The average molecular weight is 434 g/mol. The van der Waals surface area contributed by atoms with E-state index in [1.807, 2.05) is 36.4 Å². The number of hydrogen-bond acceptors (Lipinski definition) is 5. The molecule has 2 aromatic heterocycles. The standard InChI is InChI=1S/C23H20FN5OS/c1-28(15-17-8-3-2-4-9-17)21(30)16-31-23-27-26-22(18-10-7-13-25-14-18)29(23)20-12-6-5-11-19(20)24/h2-14H,15-16H2,1H3. The fourth-order valence-electron chi connectivity index (χ4n) is 3.08. The number of pyridine rings is 1. The maximum atomic E-state index is 14.6. The van der Waals surface area contributed by atoms with Crippen molar-refractivity contribution in [2.24, 2.45) is 0 Å². The fraction of sp³-hybridized carbons (Fsp3) is 0.130. The summed E-state index contributed by atoms with van der Waals surface area (Å²) in [5.74, 6) is 0.163. The summed E-state index contributed by atoms with van der Waals surface area (Å²) in [7, 11) is 1.76. The predicted octanol–water partition coefficient (Wildman–Crippen LogP) is 4.22. The van der Waals surface area contributed by atoms with E-state index in [1.165, 1.54) is 17.8 Å². The Bertz CT molecular complexity index is 1170. The van der Waals surface area contributed by atoms with E-state index in [2.05, 4.69) is 15.2 Å². The first kappa shape index (κ1) is 20.7. The Morgan fingerprint density at radius 1 is 1.03 bits per heavy atom. The van der Waals surface area contributed by atoms with Gasteiger partial charge in [0.1, 0.15) is 5.82 Å². The first-order valence-corrected chi connectivity index (χ1v) is 10.6. The summed E-state index contributed by atoms with van der Waals surface area (Å²) in [6.45, 7) is 0.515. The molecule has 0 atom stereocenters. The zero-order valence-corrected chi connectivity index (χ0v) is 17.7. The Morgan fingerprint density at radius 3 is 2.55 bits per heavy atom. The van der Waals surface area contributed by atoms with Gasteiger partial charge < -0.3 is 4.90 Å². The van der Waals surface area contributed by atoms with Gasteiger partial charge in [0.05, 0.1) is 11.4 Å². The Hall–Kier alpha value is -3.52. The van der Waals surface area contributed by atoms with Crippen molar-refractivity contribution in [1.82, 2.24) is 24.6 Å². The minimum Gasteiger partial charge on any atom is -0.341 e. The first-order valence-electron chi connectivity index (χ1n) is 9.65. The van der Waals surface area contributed by atoms with E-state index in [1.54, 1.807) is 53.2 Å². The highest BCUT2D eigenvalue weighted by Crippen LogP contribution is 2.29. The van der Waals surface area contributed by atoms with Crippen molar-refractivity contribution in [2.45, 2.75) is 11.7 Å². The Balaban J connectivity index is 1.58. The molecule has 0 bridgehead atoms. The second-order valence-corrected chi connectivity index (χ2v) is 7.80. The van der Waals surface area contributed by atoms with Crippen molar-refractivity contribution in [3.63, 3.8) is 0 Å². The zero-order chi connectivity index (χ0) is 21.6. The molecule has 0 aliphatic heterocycles. The first-order chi connectivity index (χ1) is 15.1. The third-order valence-corrected chi connectivity index (χ3v) is 5.57. The Kier molecular flexibility index (Phi) is 6.37. The zero-order valence-electron chi connectivity index (χ0n) is 16.9. The number of rotatable bonds is 7. The van der Waals surface area contributed by atoms with Crippen molar-refractivity contribution in [2.75, 3.05) is 12.8 Å². The third kappa shape index (κ3) is 4.80. The van der Waals surface area contributed by atoms with Crippen molar-refractivity contribution >= 4 is 17.7 Å². The van der Waals surface area contributed by atoms with Gasteiger partial charge >= 0.3 is 0 Å². The number of carbonyl (C=O) groups is 1. The molecule has 0 unspecified atom stereocenters. The number of halogens is 1. The molecule has 8 heteroatoms. The molecule has 0 fully saturated rings. The van der Waals surface area contributed by atoms with E-state index in [0.717, 1.165) is 5.56 Å². The second-order valence-electron chi connectivity index (χ2n) is 6.86. The van der Waals surface area contributed by atoms with Crippen molar-refractivity contribution in [3.8, 4) is 17.1 Å². The molecule has 2 aromatic carbocycles. The molecule has 0 aliphatic carbocycles. The van der Waals surface area contributed by atoms with E-state index in [9.17, 15) is 9.18 Å². The smallest absolute Gasteiger partial charge is 0.233 e. The van der Waals surface area contributed by atoms with Crippen molar-refractivity contribution in [3.05, 3.63) is 90.5 Å². The lowest BCUT2D eigenvalue weighted by Gasteiger charge is -2.17. The Labute approximate surface area is 183 Å². The van der Waals surface area contributed by atoms with Gasteiger partial charge in [-0.25, -0.2) is 4.39 Å². The number of thioether (sulfide) groups is 1. The van der Waals surface area contributed by atoms with Gasteiger partial charge in [-0.15, -0.1) is 10.2 Å². The van der Waals surface area contributed by atoms with Crippen LogP contribution in [-0.2, 0) is 11.3 Å². The monoisotopic (exact) mass is 433 g/mol. The van der Waals surface area contributed by atoms with Crippen molar-refractivity contribution < 1.29 is 9.18 Å². The van der Waals surface area contributed by atoms with Gasteiger partial charge in [-0.2, -0.15) is 0 Å². The number of para-hydroxylation sites is 1. The van der Waals surface area contributed by atoms with Crippen LogP contribution in [0.2, 0.25) is 0 Å². The Morgan fingerprint density at radius 2 is 1.81 bits per heavy atom. The number of benzene rings is 2. The average Bonchev–Trinajstić information content (AvgIpc) is 3.22. The summed E-state index contributed by atoms with van der Waals surface area (Å²) in [5, 5.41) is 8.93. The molecule has 6 nitrogen and oxygen atoms in total. The highest BCUT2D eigenvalue weighted by Gasteiger charge is 2.20. The molecule has 4 rings (SSSR count). The fourth-order valence-corrected chi connectivity index (χ4v) is 3.96. The van der Waals surface area contributed by atoms with Gasteiger partial charge in [-0.1, -0.05) is 54.2 Å². The maximum Gasteiger partial charge on any atom is 0.233 e. The lowest BCUT2D eigenvalue weighted by Crippen LogP contribution is -2.27. The third-order valence-electron chi connectivity index (χ3n) is 4.66. The topological polar surface area (TPSA) is 63.9 Å². The summed E-state index contributed by atoms with van der Waals surface area (Å²) in [4.78, 5) is 18.5. The summed E-state index contributed by atoms with van der Waals surface area (Å²) in [6, 6.07) is 19.8. The summed E-state index contributed by atoms with van der Waals surface area (Å²) in [6.07, 6.45) is 3.30. The van der Waals surface area contributed by atoms with Gasteiger partial charge in [-0.3, -0.25) is 14.3 Å². The number of nitrogens with zero attached hydrogens (tertiary/aromatic N) is 5. The van der Waals surface area contributed by atoms with Gasteiger partial charge in [0.2, 0.25) is 5.91 Å². The molecule has 0 aliphatic rings. The van der Waals surface area contributed by atoms with Crippen LogP contribution in [0.15, 0.2) is 84.3 Å². The highest BCUT2D eigenvalue weighted by molar-refractivity contribution is 7.99. The van der Waals surface area contributed by atoms with Gasteiger partial charge in [0.15, 0.2) is 11.0 Å². The minimum atomic E-state index is -0.401. The van der Waals surface area contributed by atoms with Crippen LogP contribution in [0.3, 0.4) is 0 Å².